The number of carbonyl (C=O) groups excluding carboxylic acids is 3. The number of alkyl halides is 3. The third-order valence-electron chi connectivity index (χ3n) is 10.5. The van der Waals surface area contributed by atoms with E-state index in [0.29, 0.717) is 49.9 Å². The van der Waals surface area contributed by atoms with Crippen molar-refractivity contribution in [1.82, 2.24) is 15.2 Å². The lowest BCUT2D eigenvalue weighted by molar-refractivity contribution is -0.189. The number of nitrogens with one attached hydrogen (secondary N) is 2. The average Bonchev–Trinajstić information content (AvgIpc) is 3.61. The molecule has 1 heterocycles. The summed E-state index contributed by atoms with van der Waals surface area (Å²) in [6, 6.07) is 29.1. The highest BCUT2D eigenvalue weighted by Gasteiger charge is 2.41. The molecule has 1 fully saturated rings. The molecule has 1 aromatic heterocycles. The molecule has 0 atom stereocenters. The number of amides is 2. The van der Waals surface area contributed by atoms with E-state index in [2.05, 4.69) is 15.0 Å². The quantitative estimate of drug-likeness (QED) is 0.0734. The fraction of sp³-hybridized carbons (Fsp3) is 0.341. The van der Waals surface area contributed by atoms with Crippen molar-refractivity contribution in [3.05, 3.63) is 126 Å². The summed E-state index contributed by atoms with van der Waals surface area (Å²) in [7, 11) is 0. The molecule has 4 N–H and O–H groups in total. The number of H-pyrrole nitrogens is 1. The summed E-state index contributed by atoms with van der Waals surface area (Å²) >= 11 is 0. The molecule has 1 saturated carbocycles. The first-order chi connectivity index (χ1) is 26.6. The minimum absolute atomic E-state index is 0.0525. The summed E-state index contributed by atoms with van der Waals surface area (Å²) < 4.78 is 42.5. The maximum atomic E-state index is 13.9. The first kappa shape index (κ1) is 39.3. The van der Waals surface area contributed by atoms with Gasteiger partial charge in [-0.25, -0.2) is 4.79 Å². The number of carbonyl (C=O) groups is 3. The van der Waals surface area contributed by atoms with E-state index in [1.807, 2.05) is 79.0 Å². The number of rotatable bonds is 15. The molecule has 0 spiro atoms. The van der Waals surface area contributed by atoms with E-state index in [0.717, 1.165) is 77.4 Å². The van der Waals surface area contributed by atoms with Gasteiger partial charge in [0.1, 0.15) is 5.75 Å². The van der Waals surface area contributed by atoms with Gasteiger partial charge >= 0.3 is 12.1 Å². The van der Waals surface area contributed by atoms with Gasteiger partial charge < -0.3 is 25.7 Å². The highest BCUT2D eigenvalue weighted by Crippen LogP contribution is 2.31. The molecule has 4 aromatic carbocycles. The standard InChI is InChI=1S/C44H47F3N4O4/c45-44(46,47)43(54)55-36-19-16-31(17-20-36)23-25-51(41(52)21-18-35-28-49-40-11-4-3-9-38(35)40)29-33-6-5-7-34(26-33)37-8-1-2-10-39(37)42(53)50-27-32-14-12-30(13-15-32)22-24-48/h1-11,16-17,19-20,26,28,30,32,49H,12-15,18,21-25,27,29,48H2,(H,50,53). The van der Waals surface area contributed by atoms with Crippen LogP contribution in [0.4, 0.5) is 13.2 Å². The second-order valence-electron chi connectivity index (χ2n) is 14.4. The molecule has 0 unspecified atom stereocenters. The minimum atomic E-state index is -5.10. The van der Waals surface area contributed by atoms with Crippen molar-refractivity contribution in [3.8, 4) is 16.9 Å². The third kappa shape index (κ3) is 10.6. The predicted molar refractivity (Wildman–Crippen MR) is 207 cm³/mol. The maximum Gasteiger partial charge on any atom is 0.491 e. The number of nitrogens with zero attached hydrogens (tertiary/aromatic N) is 1. The van der Waals surface area contributed by atoms with Gasteiger partial charge in [0.25, 0.3) is 5.91 Å². The van der Waals surface area contributed by atoms with Gasteiger partial charge in [-0.05, 0) is 109 Å². The SMILES string of the molecule is NCCC1CCC(CNC(=O)c2ccccc2-c2cccc(CN(CCc3ccc(OC(=O)C(F)(F)F)cc3)C(=O)CCc3c[nH]c4ccccc34)c2)CC1. The van der Waals surface area contributed by atoms with Gasteiger partial charge in [-0.1, -0.05) is 79.6 Å². The topological polar surface area (TPSA) is 118 Å². The Bertz CT molecular complexity index is 2070. The van der Waals surface area contributed by atoms with E-state index < -0.39 is 12.1 Å². The molecule has 11 heteroatoms. The van der Waals surface area contributed by atoms with Gasteiger partial charge in [0.15, 0.2) is 0 Å². The smallest absolute Gasteiger partial charge is 0.420 e. The Balaban J connectivity index is 1.15. The number of aromatic nitrogens is 1. The number of para-hydroxylation sites is 1. The van der Waals surface area contributed by atoms with Crippen LogP contribution in [0.15, 0.2) is 103 Å². The van der Waals surface area contributed by atoms with E-state index in [4.69, 9.17) is 5.73 Å². The zero-order chi connectivity index (χ0) is 38.8. The lowest BCUT2D eigenvalue weighted by Crippen LogP contribution is -2.32. The van der Waals surface area contributed by atoms with Gasteiger partial charge in [0, 0.05) is 48.7 Å². The largest absolute Gasteiger partial charge is 0.491 e. The van der Waals surface area contributed by atoms with E-state index in [1.54, 1.807) is 17.0 Å². The van der Waals surface area contributed by atoms with Crippen molar-refractivity contribution in [3.63, 3.8) is 0 Å². The lowest BCUT2D eigenvalue weighted by Gasteiger charge is -2.28. The van der Waals surface area contributed by atoms with Crippen molar-refractivity contribution in [1.29, 1.82) is 0 Å². The number of aryl methyl sites for hydroxylation is 1. The Kier molecular flexibility index (Phi) is 13.0. The van der Waals surface area contributed by atoms with Crippen LogP contribution in [0.1, 0.15) is 65.6 Å². The number of hydrogen-bond acceptors (Lipinski definition) is 5. The molecule has 0 bridgehead atoms. The molecule has 1 aliphatic rings. The molecule has 1 aliphatic carbocycles. The zero-order valence-corrected chi connectivity index (χ0v) is 30.7. The van der Waals surface area contributed by atoms with Crippen LogP contribution in [0, 0.1) is 11.8 Å². The highest BCUT2D eigenvalue weighted by molar-refractivity contribution is 6.01. The molecule has 0 radical (unpaired) electrons. The van der Waals surface area contributed by atoms with Gasteiger partial charge in [-0.3, -0.25) is 9.59 Å². The Morgan fingerprint density at radius 2 is 1.56 bits per heavy atom. The van der Waals surface area contributed by atoms with E-state index in [1.165, 1.54) is 12.1 Å². The third-order valence-corrected chi connectivity index (χ3v) is 10.5. The molecule has 0 aliphatic heterocycles. The van der Waals surface area contributed by atoms with Crippen LogP contribution in [0.2, 0.25) is 0 Å². The number of halogens is 3. The molecule has 6 rings (SSSR count). The molecular formula is C44H47F3N4O4. The Morgan fingerprint density at radius 1 is 0.836 bits per heavy atom. The molecule has 5 aromatic rings. The number of nitrogens with two attached hydrogens (primary N) is 1. The Morgan fingerprint density at radius 3 is 2.33 bits per heavy atom. The number of esters is 1. The Labute approximate surface area is 319 Å². The van der Waals surface area contributed by atoms with Crippen LogP contribution in [-0.2, 0) is 29.0 Å². The summed E-state index contributed by atoms with van der Waals surface area (Å²) in [5.74, 6) is -1.52. The first-order valence-corrected chi connectivity index (χ1v) is 18.9. The van der Waals surface area contributed by atoms with Crippen molar-refractivity contribution in [2.24, 2.45) is 17.6 Å². The van der Waals surface area contributed by atoms with Gasteiger partial charge in [-0.2, -0.15) is 13.2 Å². The number of ether oxygens (including phenoxy) is 1. The monoisotopic (exact) mass is 752 g/mol. The second kappa shape index (κ2) is 18.3. The van der Waals surface area contributed by atoms with Crippen LogP contribution >= 0.6 is 0 Å². The van der Waals surface area contributed by atoms with Gasteiger partial charge in [0.05, 0.1) is 0 Å². The van der Waals surface area contributed by atoms with Crippen molar-refractivity contribution in [2.45, 2.75) is 64.1 Å². The second-order valence-corrected chi connectivity index (χ2v) is 14.4. The first-order valence-electron chi connectivity index (χ1n) is 18.9. The zero-order valence-electron chi connectivity index (χ0n) is 30.7. The minimum Gasteiger partial charge on any atom is -0.420 e. The lowest BCUT2D eigenvalue weighted by atomic mass is 9.80. The number of benzene rings is 4. The van der Waals surface area contributed by atoms with Crippen molar-refractivity contribution < 1.29 is 32.3 Å². The maximum absolute atomic E-state index is 13.9. The van der Waals surface area contributed by atoms with Crippen LogP contribution in [0.5, 0.6) is 5.75 Å². The summed E-state index contributed by atoms with van der Waals surface area (Å²) in [4.78, 5) is 43.8. The molecule has 0 saturated heterocycles. The number of aromatic amines is 1. The van der Waals surface area contributed by atoms with Crippen molar-refractivity contribution >= 4 is 28.7 Å². The fourth-order valence-electron chi connectivity index (χ4n) is 7.47. The summed E-state index contributed by atoms with van der Waals surface area (Å²) in [6.45, 7) is 2.01. The van der Waals surface area contributed by atoms with Crippen molar-refractivity contribution in [2.75, 3.05) is 19.6 Å². The summed E-state index contributed by atoms with van der Waals surface area (Å²) in [6.07, 6.45) is 3.61. The van der Waals surface area contributed by atoms with E-state index in [9.17, 15) is 27.6 Å². The average molecular weight is 753 g/mol. The van der Waals surface area contributed by atoms with Gasteiger partial charge in [-0.15, -0.1) is 0 Å². The molecule has 288 valence electrons. The molecule has 2 amide bonds. The predicted octanol–water partition coefficient (Wildman–Crippen LogP) is 8.39. The fourth-order valence-corrected chi connectivity index (χ4v) is 7.47. The summed E-state index contributed by atoms with van der Waals surface area (Å²) in [5.41, 5.74) is 11.7. The molecule has 55 heavy (non-hydrogen) atoms. The summed E-state index contributed by atoms with van der Waals surface area (Å²) in [5, 5.41) is 4.25. The van der Waals surface area contributed by atoms with E-state index >= 15 is 0 Å². The number of hydrogen-bond donors (Lipinski definition) is 3. The van der Waals surface area contributed by atoms with Gasteiger partial charge in [0.2, 0.25) is 5.91 Å². The van der Waals surface area contributed by atoms with Crippen LogP contribution in [0.3, 0.4) is 0 Å². The van der Waals surface area contributed by atoms with Crippen LogP contribution in [-0.4, -0.2) is 53.5 Å². The van der Waals surface area contributed by atoms with E-state index in [-0.39, 0.29) is 24.0 Å². The molecular weight excluding hydrogens is 706 g/mol. The molecule has 8 nitrogen and oxygen atoms in total. The normalized spacial score (nSPS) is 15.8. The highest BCUT2D eigenvalue weighted by atomic mass is 19.4. The number of fused-ring (bicyclic) bond motifs is 1. The Hall–Kier alpha value is -5.42. The van der Waals surface area contributed by atoms with Crippen LogP contribution in [0.25, 0.3) is 22.0 Å². The van der Waals surface area contributed by atoms with Crippen LogP contribution < -0.4 is 15.8 Å².